The molecule has 2 aliphatic rings. The van der Waals surface area contributed by atoms with Crippen LogP contribution in [0.3, 0.4) is 0 Å². The smallest absolute Gasteiger partial charge is 0.166 e. The molecule has 5 rings (SSSR count). The molecule has 0 bridgehead atoms. The van der Waals surface area contributed by atoms with Gasteiger partial charge in [-0.2, -0.15) is 0 Å². The molecule has 0 aliphatic carbocycles. The van der Waals surface area contributed by atoms with E-state index in [9.17, 15) is 14.6 Å². The third-order valence-corrected chi connectivity index (χ3v) is 7.11. The van der Waals surface area contributed by atoms with Gasteiger partial charge in [-0.05, 0) is 80.4 Å². The minimum Gasteiger partial charge on any atom is -0.508 e. The first-order chi connectivity index (χ1) is 17.4. The first-order valence-electron chi connectivity index (χ1n) is 12.3. The molecule has 36 heavy (non-hydrogen) atoms. The van der Waals surface area contributed by atoms with E-state index in [1.165, 1.54) is 0 Å². The molecule has 188 valence electrons. The molecule has 0 amide bonds. The van der Waals surface area contributed by atoms with Crippen LogP contribution in [0.5, 0.6) is 23.0 Å². The average molecular weight is 491 g/mol. The third-order valence-electron chi connectivity index (χ3n) is 7.11. The molecule has 1 aromatic heterocycles. The number of allylic oxidation sites excluding steroid dienone is 1. The van der Waals surface area contributed by atoms with Crippen LogP contribution in [0.4, 0.5) is 4.39 Å². The van der Waals surface area contributed by atoms with Crippen LogP contribution in [-0.2, 0) is 0 Å². The number of likely N-dealkylation sites (tertiary alicyclic amines) is 1. The van der Waals surface area contributed by atoms with Gasteiger partial charge >= 0.3 is 0 Å². The highest BCUT2D eigenvalue weighted by Gasteiger charge is 2.31. The van der Waals surface area contributed by atoms with Gasteiger partial charge in [0.25, 0.3) is 0 Å². The summed E-state index contributed by atoms with van der Waals surface area (Å²) in [5, 5.41) is 20.2. The molecule has 3 heterocycles. The number of aromatic hydroxyl groups is 2. The van der Waals surface area contributed by atoms with Crippen LogP contribution >= 0.6 is 0 Å². The van der Waals surface area contributed by atoms with Crippen LogP contribution in [0.15, 0.2) is 60.8 Å². The van der Waals surface area contributed by atoms with Gasteiger partial charge in [-0.15, -0.1) is 0 Å². The SMILES string of the molecule is CC1=C(c2cccc(O)c2)C(c2ccc(OC[C@H](C)N3CC[C@@H](CF)C3)cn2)Oc2ccc(O)cc21. The highest BCUT2D eigenvalue weighted by atomic mass is 19.1. The Morgan fingerprint density at radius 1 is 1.14 bits per heavy atom. The number of alkyl halides is 1. The van der Waals surface area contributed by atoms with Crippen LogP contribution < -0.4 is 9.47 Å². The normalized spacial score (nSPS) is 20.6. The standard InChI is InChI=1S/C29H31FN2O4/c1-18(32-11-10-20(14-30)16-32)17-35-24-7-8-26(31-15-24)29-28(21-4-3-5-22(33)12-21)19(2)25-13-23(34)6-9-27(25)36-29/h3-9,12-13,15,18,20,29,33-34H,10-11,14,16-17H2,1-2H3/t18-,20-,29?/m0/s1. The van der Waals surface area contributed by atoms with Crippen LogP contribution in [0.1, 0.15) is 43.2 Å². The van der Waals surface area contributed by atoms with Crippen molar-refractivity contribution in [2.75, 3.05) is 26.4 Å². The van der Waals surface area contributed by atoms with Gasteiger partial charge in [0.1, 0.15) is 29.6 Å². The molecule has 2 N–H and O–H groups in total. The van der Waals surface area contributed by atoms with E-state index in [0.717, 1.165) is 41.8 Å². The number of ether oxygens (including phenoxy) is 2. The maximum absolute atomic E-state index is 13.0. The fraction of sp³-hybridized carbons (Fsp3) is 0.345. The monoisotopic (exact) mass is 490 g/mol. The average Bonchev–Trinajstić information content (AvgIpc) is 3.37. The lowest BCUT2D eigenvalue weighted by atomic mass is 9.87. The predicted molar refractivity (Wildman–Crippen MR) is 137 cm³/mol. The molecule has 1 unspecified atom stereocenters. The molecule has 2 aliphatic heterocycles. The molecule has 1 saturated heterocycles. The Morgan fingerprint density at radius 2 is 1.97 bits per heavy atom. The minimum absolute atomic E-state index is 0.134. The predicted octanol–water partition coefficient (Wildman–Crippen LogP) is 5.62. The summed E-state index contributed by atoms with van der Waals surface area (Å²) in [6.07, 6.45) is 2.09. The molecule has 3 atom stereocenters. The summed E-state index contributed by atoms with van der Waals surface area (Å²) in [5.41, 5.74) is 4.14. The first-order valence-corrected chi connectivity index (χ1v) is 12.3. The molecule has 6 nitrogen and oxygen atoms in total. The van der Waals surface area contributed by atoms with Crippen molar-refractivity contribution in [2.24, 2.45) is 5.92 Å². The van der Waals surface area contributed by atoms with Gasteiger partial charge in [0, 0.05) is 29.6 Å². The summed E-state index contributed by atoms with van der Waals surface area (Å²) in [6.45, 7) is 6.01. The molecule has 0 spiro atoms. The zero-order chi connectivity index (χ0) is 25.2. The number of phenols is 2. The number of hydrogen-bond donors (Lipinski definition) is 2. The number of pyridine rings is 1. The molecular weight excluding hydrogens is 459 g/mol. The summed E-state index contributed by atoms with van der Waals surface area (Å²) in [5.74, 6) is 1.78. The fourth-order valence-corrected chi connectivity index (χ4v) is 5.03. The minimum atomic E-state index is -0.501. The quantitative estimate of drug-likeness (QED) is 0.448. The summed E-state index contributed by atoms with van der Waals surface area (Å²) in [4.78, 5) is 6.94. The number of halogens is 1. The zero-order valence-electron chi connectivity index (χ0n) is 20.5. The number of phenolic OH excluding ortho intramolecular Hbond substituents is 2. The Labute approximate surface area is 210 Å². The summed E-state index contributed by atoms with van der Waals surface area (Å²) < 4.78 is 25.3. The molecule has 0 saturated carbocycles. The Balaban J connectivity index is 1.38. The lowest BCUT2D eigenvalue weighted by Crippen LogP contribution is -2.35. The number of benzene rings is 2. The number of fused-ring (bicyclic) bond motifs is 1. The molecule has 7 heteroatoms. The lowest BCUT2D eigenvalue weighted by Gasteiger charge is -2.30. The van der Waals surface area contributed by atoms with Gasteiger partial charge < -0.3 is 19.7 Å². The maximum atomic E-state index is 13.0. The van der Waals surface area contributed by atoms with Crippen molar-refractivity contribution >= 4 is 11.1 Å². The van der Waals surface area contributed by atoms with Crippen molar-refractivity contribution < 1.29 is 24.1 Å². The van der Waals surface area contributed by atoms with Gasteiger partial charge in [-0.3, -0.25) is 14.3 Å². The third kappa shape index (κ3) is 4.88. The molecule has 1 fully saturated rings. The van der Waals surface area contributed by atoms with E-state index in [4.69, 9.17) is 9.47 Å². The van der Waals surface area contributed by atoms with E-state index in [1.807, 2.05) is 25.1 Å². The van der Waals surface area contributed by atoms with E-state index in [1.54, 1.807) is 42.6 Å². The van der Waals surface area contributed by atoms with Crippen molar-refractivity contribution in [1.82, 2.24) is 9.88 Å². The number of rotatable bonds is 7. The van der Waals surface area contributed by atoms with Gasteiger partial charge in [0.05, 0.1) is 18.6 Å². The summed E-state index contributed by atoms with van der Waals surface area (Å²) >= 11 is 0. The Morgan fingerprint density at radius 3 is 2.69 bits per heavy atom. The molecule has 0 radical (unpaired) electrons. The topological polar surface area (TPSA) is 75.1 Å². The van der Waals surface area contributed by atoms with Crippen LogP contribution in [0.2, 0.25) is 0 Å². The second-order valence-electron chi connectivity index (χ2n) is 9.65. The second kappa shape index (κ2) is 10.2. The van der Waals surface area contributed by atoms with Gasteiger partial charge in [-0.1, -0.05) is 12.1 Å². The van der Waals surface area contributed by atoms with Crippen LogP contribution in [0, 0.1) is 5.92 Å². The highest BCUT2D eigenvalue weighted by molar-refractivity contribution is 5.95. The van der Waals surface area contributed by atoms with Gasteiger partial charge in [-0.25, -0.2) is 0 Å². The summed E-state index contributed by atoms with van der Waals surface area (Å²) in [7, 11) is 0. The van der Waals surface area contributed by atoms with Crippen molar-refractivity contribution in [3.63, 3.8) is 0 Å². The molecule has 3 aromatic rings. The fourth-order valence-electron chi connectivity index (χ4n) is 5.03. The molecule has 2 aromatic carbocycles. The Bertz CT molecular complexity index is 1260. The van der Waals surface area contributed by atoms with Crippen molar-refractivity contribution in [3.8, 4) is 23.0 Å². The van der Waals surface area contributed by atoms with E-state index in [-0.39, 0.29) is 30.1 Å². The number of nitrogens with zero attached hydrogens (tertiary/aromatic N) is 2. The lowest BCUT2D eigenvalue weighted by molar-refractivity contribution is 0.165. The first kappa shape index (κ1) is 24.1. The van der Waals surface area contributed by atoms with E-state index in [0.29, 0.717) is 23.8 Å². The zero-order valence-corrected chi connectivity index (χ0v) is 20.5. The number of aromatic nitrogens is 1. The van der Waals surface area contributed by atoms with Crippen LogP contribution in [0.25, 0.3) is 11.1 Å². The van der Waals surface area contributed by atoms with Crippen LogP contribution in [-0.4, -0.2) is 52.5 Å². The highest BCUT2D eigenvalue weighted by Crippen LogP contribution is 2.47. The van der Waals surface area contributed by atoms with Crippen molar-refractivity contribution in [1.29, 1.82) is 0 Å². The largest absolute Gasteiger partial charge is 0.508 e. The number of hydrogen-bond acceptors (Lipinski definition) is 6. The van der Waals surface area contributed by atoms with Gasteiger partial charge in [0.2, 0.25) is 0 Å². The van der Waals surface area contributed by atoms with Gasteiger partial charge in [0.15, 0.2) is 6.10 Å². The summed E-state index contributed by atoms with van der Waals surface area (Å²) in [6, 6.07) is 16.1. The van der Waals surface area contributed by atoms with Crippen molar-refractivity contribution in [3.05, 3.63) is 77.6 Å². The molecular formula is C29H31FN2O4. The van der Waals surface area contributed by atoms with E-state index < -0.39 is 6.10 Å². The maximum Gasteiger partial charge on any atom is 0.166 e. The Kier molecular flexibility index (Phi) is 6.83. The van der Waals surface area contributed by atoms with E-state index in [2.05, 4.69) is 16.8 Å². The van der Waals surface area contributed by atoms with E-state index >= 15 is 0 Å². The second-order valence-corrected chi connectivity index (χ2v) is 9.65. The Hall–Kier alpha value is -3.58. The van der Waals surface area contributed by atoms with Crippen molar-refractivity contribution in [2.45, 2.75) is 32.4 Å².